The fraction of sp³-hybridized carbons (Fsp3) is 0.467. The topological polar surface area (TPSA) is 99.1 Å². The molecule has 3 rings (SSSR count). The average molecular weight is 319 g/mol. The van der Waals surface area contributed by atoms with E-state index in [1.165, 1.54) is 12.1 Å². The molecule has 0 radical (unpaired) electrons. The Balaban J connectivity index is 1.94. The van der Waals surface area contributed by atoms with Gasteiger partial charge in [0.2, 0.25) is 15.9 Å². The van der Waals surface area contributed by atoms with E-state index in [4.69, 9.17) is 0 Å². The number of fused-ring (bicyclic) bond motifs is 1. The first-order chi connectivity index (χ1) is 10.3. The average Bonchev–Trinajstić information content (AvgIpc) is 3.27. The molecule has 1 fully saturated rings. The molecular weight excluding hydrogens is 302 g/mol. The highest BCUT2D eigenvalue weighted by molar-refractivity contribution is 7.89. The molecule has 0 bridgehead atoms. The number of nitrogens with zero attached hydrogens (tertiary/aromatic N) is 1. The van der Waals surface area contributed by atoms with Crippen molar-refractivity contribution in [1.82, 2.24) is 4.72 Å². The van der Waals surface area contributed by atoms with Crippen LogP contribution in [0.4, 0.5) is 5.69 Å². The van der Waals surface area contributed by atoms with E-state index in [0.29, 0.717) is 11.3 Å². The summed E-state index contributed by atoms with van der Waals surface area (Å²) in [5.41, 5.74) is 0.219. The van der Waals surface area contributed by atoms with Crippen molar-refractivity contribution in [3.8, 4) is 6.07 Å². The number of hydrogen-bond donors (Lipinski definition) is 2. The van der Waals surface area contributed by atoms with Gasteiger partial charge in [-0.25, -0.2) is 8.42 Å². The summed E-state index contributed by atoms with van der Waals surface area (Å²) in [6.45, 7) is 3.35. The molecule has 0 saturated heterocycles. The molecule has 1 aromatic rings. The Morgan fingerprint density at radius 1 is 1.41 bits per heavy atom. The van der Waals surface area contributed by atoms with Crippen molar-refractivity contribution in [2.45, 2.75) is 43.0 Å². The normalized spacial score (nSPS) is 23.3. The second-order valence-corrected chi connectivity index (χ2v) is 7.84. The van der Waals surface area contributed by atoms with E-state index in [9.17, 15) is 18.5 Å². The van der Waals surface area contributed by atoms with Crippen molar-refractivity contribution in [3.63, 3.8) is 0 Å². The van der Waals surface area contributed by atoms with E-state index in [0.717, 1.165) is 12.8 Å². The first-order valence-corrected chi connectivity index (χ1v) is 8.65. The van der Waals surface area contributed by atoms with Crippen molar-refractivity contribution in [1.29, 1.82) is 5.26 Å². The molecule has 116 valence electrons. The Bertz CT molecular complexity index is 793. The number of carbonyl (C=O) groups excluding carboxylic acids is 1. The molecule has 1 aliphatic heterocycles. The zero-order valence-electron chi connectivity index (χ0n) is 12.4. The molecule has 0 aromatic heterocycles. The second-order valence-electron chi connectivity index (χ2n) is 6.15. The van der Waals surface area contributed by atoms with Crippen LogP contribution in [0, 0.1) is 17.2 Å². The van der Waals surface area contributed by atoms with Gasteiger partial charge in [-0.3, -0.25) is 4.79 Å². The van der Waals surface area contributed by atoms with Crippen LogP contribution in [0.25, 0.3) is 0 Å². The summed E-state index contributed by atoms with van der Waals surface area (Å²) in [5, 5.41) is 12.0. The predicted molar refractivity (Wildman–Crippen MR) is 80.6 cm³/mol. The lowest BCUT2D eigenvalue weighted by molar-refractivity contribution is -0.116. The standard InChI is InChI=1S/C15H17N3O3S/c1-9-12-7-11(5-6-13(12)17-14(9)19)22(20,21)18-15(2,8-16)10-3-4-10/h5-7,9-10,18H,3-4H2,1-2H3,(H,17,19)/t9-,15-/m0/s1. The monoisotopic (exact) mass is 319 g/mol. The lowest BCUT2D eigenvalue weighted by atomic mass is 10.0. The van der Waals surface area contributed by atoms with Gasteiger partial charge in [0.05, 0.1) is 16.9 Å². The van der Waals surface area contributed by atoms with Gasteiger partial charge in [0.25, 0.3) is 0 Å². The number of anilines is 1. The van der Waals surface area contributed by atoms with Crippen LogP contribution in [-0.2, 0) is 14.8 Å². The maximum Gasteiger partial charge on any atom is 0.241 e. The van der Waals surface area contributed by atoms with Gasteiger partial charge in [0.1, 0.15) is 5.54 Å². The lowest BCUT2D eigenvalue weighted by Gasteiger charge is -2.22. The highest BCUT2D eigenvalue weighted by Crippen LogP contribution is 2.40. The van der Waals surface area contributed by atoms with Gasteiger partial charge >= 0.3 is 0 Å². The summed E-state index contributed by atoms with van der Waals surface area (Å²) in [5.74, 6) is -0.461. The van der Waals surface area contributed by atoms with Gasteiger partial charge in [0.15, 0.2) is 0 Å². The smallest absolute Gasteiger partial charge is 0.241 e. The second kappa shape index (κ2) is 4.80. The quantitative estimate of drug-likeness (QED) is 0.882. The van der Waals surface area contributed by atoms with Gasteiger partial charge in [-0.15, -0.1) is 0 Å². The number of amides is 1. The number of rotatable bonds is 4. The summed E-state index contributed by atoms with van der Waals surface area (Å²) in [6, 6.07) is 6.62. The van der Waals surface area contributed by atoms with Crippen molar-refractivity contribution in [2.24, 2.45) is 5.92 Å². The highest BCUT2D eigenvalue weighted by atomic mass is 32.2. The van der Waals surface area contributed by atoms with Crippen molar-refractivity contribution < 1.29 is 13.2 Å². The van der Waals surface area contributed by atoms with Gasteiger partial charge in [-0.05, 0) is 56.4 Å². The van der Waals surface area contributed by atoms with E-state index in [1.807, 2.05) is 0 Å². The summed E-state index contributed by atoms with van der Waals surface area (Å²) in [6.07, 6.45) is 1.71. The summed E-state index contributed by atoms with van der Waals surface area (Å²) in [7, 11) is -3.81. The fourth-order valence-electron chi connectivity index (χ4n) is 2.76. The predicted octanol–water partition coefficient (Wildman–Crippen LogP) is 1.71. The third-order valence-electron chi connectivity index (χ3n) is 4.42. The number of benzene rings is 1. The molecule has 1 aromatic carbocycles. The van der Waals surface area contributed by atoms with Crippen molar-refractivity contribution in [2.75, 3.05) is 5.32 Å². The minimum atomic E-state index is -3.81. The lowest BCUT2D eigenvalue weighted by Crippen LogP contribution is -2.46. The van der Waals surface area contributed by atoms with Gasteiger partial charge in [0, 0.05) is 5.69 Å². The molecule has 1 saturated carbocycles. The highest BCUT2D eigenvalue weighted by Gasteiger charge is 2.45. The van der Waals surface area contributed by atoms with Crippen LogP contribution >= 0.6 is 0 Å². The molecule has 1 amide bonds. The largest absolute Gasteiger partial charge is 0.325 e. The molecule has 1 heterocycles. The van der Waals surface area contributed by atoms with Crippen molar-refractivity contribution in [3.05, 3.63) is 23.8 Å². The van der Waals surface area contributed by atoms with Crippen LogP contribution < -0.4 is 10.0 Å². The Hall–Kier alpha value is -1.91. The van der Waals surface area contributed by atoms with E-state index < -0.39 is 15.6 Å². The van der Waals surface area contributed by atoms with Crippen LogP contribution in [0.15, 0.2) is 23.1 Å². The number of sulfonamides is 1. The molecule has 6 nitrogen and oxygen atoms in total. The SMILES string of the molecule is C[C@@H]1C(=O)Nc2ccc(S(=O)(=O)N[C@@](C)(C#N)C3CC3)cc21. The Labute approximate surface area is 129 Å². The maximum atomic E-state index is 12.6. The minimum absolute atomic E-state index is 0.0591. The Kier molecular flexibility index (Phi) is 3.27. The van der Waals surface area contributed by atoms with Gasteiger partial charge in [-0.2, -0.15) is 9.98 Å². The zero-order chi connectivity index (χ0) is 16.1. The minimum Gasteiger partial charge on any atom is -0.325 e. The van der Waals surface area contributed by atoms with Crippen molar-refractivity contribution >= 4 is 21.6 Å². The summed E-state index contributed by atoms with van der Waals surface area (Å²) in [4.78, 5) is 11.7. The van der Waals surface area contributed by atoms with Gasteiger partial charge < -0.3 is 5.32 Å². The molecule has 2 aliphatic rings. The molecule has 1 aliphatic carbocycles. The first-order valence-electron chi connectivity index (χ1n) is 7.17. The van der Waals surface area contributed by atoms with Crippen LogP contribution in [0.2, 0.25) is 0 Å². The fourth-order valence-corrected chi connectivity index (χ4v) is 4.18. The third-order valence-corrected chi connectivity index (χ3v) is 5.99. The van der Waals surface area contributed by atoms with Crippen LogP contribution in [0.1, 0.15) is 38.2 Å². The molecule has 0 unspecified atom stereocenters. The van der Waals surface area contributed by atoms with E-state index in [-0.39, 0.29) is 22.6 Å². The van der Waals surface area contributed by atoms with E-state index >= 15 is 0 Å². The molecule has 22 heavy (non-hydrogen) atoms. The summed E-state index contributed by atoms with van der Waals surface area (Å²) < 4.78 is 27.6. The molecule has 2 N–H and O–H groups in total. The summed E-state index contributed by atoms with van der Waals surface area (Å²) >= 11 is 0. The number of hydrogen-bond acceptors (Lipinski definition) is 4. The van der Waals surface area contributed by atoms with Crippen LogP contribution in [-0.4, -0.2) is 19.9 Å². The van der Waals surface area contributed by atoms with Crippen LogP contribution in [0.3, 0.4) is 0 Å². The number of carbonyl (C=O) groups is 1. The molecular formula is C15H17N3O3S. The molecule has 0 spiro atoms. The molecule has 2 atom stereocenters. The first kappa shape index (κ1) is 15.0. The molecule has 7 heteroatoms. The number of nitriles is 1. The van der Waals surface area contributed by atoms with Gasteiger partial charge in [-0.1, -0.05) is 0 Å². The van der Waals surface area contributed by atoms with E-state index in [2.05, 4.69) is 16.1 Å². The zero-order valence-corrected chi connectivity index (χ0v) is 13.2. The Morgan fingerprint density at radius 2 is 2.09 bits per heavy atom. The number of nitrogens with one attached hydrogen (secondary N) is 2. The maximum absolute atomic E-state index is 12.6. The van der Waals surface area contributed by atoms with Crippen LogP contribution in [0.5, 0.6) is 0 Å². The third kappa shape index (κ3) is 2.38. The Morgan fingerprint density at radius 3 is 2.68 bits per heavy atom. The van der Waals surface area contributed by atoms with E-state index in [1.54, 1.807) is 19.9 Å².